The summed E-state index contributed by atoms with van der Waals surface area (Å²) in [5.74, 6) is 0.401. The third-order valence-electron chi connectivity index (χ3n) is 2.63. The number of rotatable bonds is 3. The predicted molar refractivity (Wildman–Crippen MR) is 70.6 cm³/mol. The second kappa shape index (κ2) is 5.14. The van der Waals surface area contributed by atoms with Gasteiger partial charge in [-0.25, -0.2) is 4.98 Å². The molecule has 0 unspecified atom stereocenters. The molecule has 0 amide bonds. The van der Waals surface area contributed by atoms with Crippen LogP contribution in [0, 0.1) is 21.4 Å². The minimum Gasteiger partial charge on any atom is -0.372 e. The lowest BCUT2D eigenvalue weighted by Crippen LogP contribution is -1.99. The summed E-state index contributed by atoms with van der Waals surface area (Å²) in [6, 6.07) is 11.6. The van der Waals surface area contributed by atoms with Crippen LogP contribution in [-0.4, -0.2) is 17.0 Å². The van der Waals surface area contributed by atoms with Gasteiger partial charge in [-0.1, -0.05) is 12.1 Å². The predicted octanol–water partition coefficient (Wildman–Crippen LogP) is 2.57. The second-order valence-corrected chi connectivity index (χ2v) is 3.73. The molecule has 0 atom stereocenters. The van der Waals surface area contributed by atoms with E-state index in [0.29, 0.717) is 22.6 Å². The quantitative estimate of drug-likeness (QED) is 0.671. The first-order valence-electron chi connectivity index (χ1n) is 5.50. The standard InChI is InChI=1S/C13H10N4O2/c1-15-13-9(8-14)6-7-11(16-13)10-4-2-3-5-12(10)17(18)19/h2-7H,1H3,(H,15,16). The topological polar surface area (TPSA) is 91.8 Å². The van der Waals surface area contributed by atoms with Crippen molar-refractivity contribution >= 4 is 11.5 Å². The molecule has 6 nitrogen and oxygen atoms in total. The SMILES string of the molecule is CNc1nc(-c2ccccc2[N+](=O)[O-])ccc1C#N. The number of hydrogen-bond donors (Lipinski definition) is 1. The summed E-state index contributed by atoms with van der Waals surface area (Å²) in [7, 11) is 1.65. The number of anilines is 1. The van der Waals surface area contributed by atoms with Crippen LogP contribution in [0.25, 0.3) is 11.3 Å². The van der Waals surface area contributed by atoms with Crippen molar-refractivity contribution in [3.8, 4) is 17.3 Å². The minimum absolute atomic E-state index is 0.0123. The summed E-state index contributed by atoms with van der Waals surface area (Å²) < 4.78 is 0. The number of para-hydroxylation sites is 1. The van der Waals surface area contributed by atoms with Gasteiger partial charge in [0.15, 0.2) is 0 Å². The summed E-state index contributed by atoms with van der Waals surface area (Å²) in [5.41, 5.74) is 1.26. The van der Waals surface area contributed by atoms with E-state index in [9.17, 15) is 10.1 Å². The molecular formula is C13H10N4O2. The number of nitrogens with one attached hydrogen (secondary N) is 1. The summed E-state index contributed by atoms with van der Waals surface area (Å²) in [5, 5.41) is 22.7. The van der Waals surface area contributed by atoms with Gasteiger partial charge in [0.05, 0.1) is 21.7 Å². The molecule has 94 valence electrons. The Hall–Kier alpha value is -2.94. The van der Waals surface area contributed by atoms with Gasteiger partial charge in [-0.3, -0.25) is 10.1 Å². The fourth-order valence-electron chi connectivity index (χ4n) is 1.74. The first-order valence-corrected chi connectivity index (χ1v) is 5.50. The highest BCUT2D eigenvalue weighted by Crippen LogP contribution is 2.29. The lowest BCUT2D eigenvalue weighted by atomic mass is 10.1. The molecule has 6 heteroatoms. The molecule has 0 fully saturated rings. The first kappa shape index (κ1) is 12.5. The highest BCUT2D eigenvalue weighted by atomic mass is 16.6. The van der Waals surface area contributed by atoms with Gasteiger partial charge in [-0.15, -0.1) is 0 Å². The van der Waals surface area contributed by atoms with Crippen molar-refractivity contribution in [1.29, 1.82) is 5.26 Å². The molecule has 0 saturated heterocycles. The molecule has 0 radical (unpaired) electrons. The van der Waals surface area contributed by atoms with E-state index >= 15 is 0 Å². The van der Waals surface area contributed by atoms with E-state index in [1.54, 1.807) is 37.4 Å². The maximum Gasteiger partial charge on any atom is 0.278 e. The van der Waals surface area contributed by atoms with Crippen molar-refractivity contribution in [2.24, 2.45) is 0 Å². The maximum atomic E-state index is 11.0. The Morgan fingerprint density at radius 1 is 1.32 bits per heavy atom. The van der Waals surface area contributed by atoms with E-state index in [0.717, 1.165) is 0 Å². The fraction of sp³-hybridized carbons (Fsp3) is 0.0769. The number of nitriles is 1. The van der Waals surface area contributed by atoms with Gasteiger partial charge in [0.25, 0.3) is 5.69 Å². The van der Waals surface area contributed by atoms with Crippen molar-refractivity contribution in [2.75, 3.05) is 12.4 Å². The largest absolute Gasteiger partial charge is 0.372 e. The second-order valence-electron chi connectivity index (χ2n) is 3.73. The zero-order chi connectivity index (χ0) is 13.8. The number of nitro groups is 1. The van der Waals surface area contributed by atoms with Crippen LogP contribution in [0.3, 0.4) is 0 Å². The Bertz CT molecular complexity index is 677. The first-order chi connectivity index (χ1) is 9.17. The Morgan fingerprint density at radius 2 is 2.05 bits per heavy atom. The van der Waals surface area contributed by atoms with E-state index in [-0.39, 0.29) is 5.69 Å². The molecule has 1 aromatic carbocycles. The van der Waals surface area contributed by atoms with Gasteiger partial charge in [0, 0.05) is 13.1 Å². The number of pyridine rings is 1. The Labute approximate surface area is 109 Å². The van der Waals surface area contributed by atoms with Crippen LogP contribution >= 0.6 is 0 Å². The van der Waals surface area contributed by atoms with Gasteiger partial charge >= 0.3 is 0 Å². The number of nitro benzene ring substituents is 1. The third kappa shape index (κ3) is 2.35. The van der Waals surface area contributed by atoms with Crippen molar-refractivity contribution in [3.63, 3.8) is 0 Å². The van der Waals surface area contributed by atoms with E-state index in [1.807, 2.05) is 6.07 Å². The molecule has 0 saturated carbocycles. The zero-order valence-corrected chi connectivity index (χ0v) is 10.1. The normalized spacial score (nSPS) is 9.68. The molecule has 1 heterocycles. The number of hydrogen-bond acceptors (Lipinski definition) is 5. The lowest BCUT2D eigenvalue weighted by Gasteiger charge is -2.06. The molecule has 2 aromatic rings. The molecule has 19 heavy (non-hydrogen) atoms. The highest BCUT2D eigenvalue weighted by molar-refractivity contribution is 5.72. The summed E-state index contributed by atoms with van der Waals surface area (Å²) in [4.78, 5) is 14.8. The van der Waals surface area contributed by atoms with Crippen molar-refractivity contribution in [2.45, 2.75) is 0 Å². The van der Waals surface area contributed by atoms with Crippen molar-refractivity contribution in [1.82, 2.24) is 4.98 Å². The average Bonchev–Trinajstić information content (AvgIpc) is 2.46. The summed E-state index contributed by atoms with van der Waals surface area (Å²) >= 11 is 0. The van der Waals surface area contributed by atoms with E-state index < -0.39 is 4.92 Å². The Kier molecular flexibility index (Phi) is 3.39. The Balaban J connectivity index is 2.60. The van der Waals surface area contributed by atoms with Crippen LogP contribution in [0.2, 0.25) is 0 Å². The lowest BCUT2D eigenvalue weighted by molar-refractivity contribution is -0.384. The highest BCUT2D eigenvalue weighted by Gasteiger charge is 2.16. The van der Waals surface area contributed by atoms with Gasteiger partial charge in [-0.05, 0) is 18.2 Å². The van der Waals surface area contributed by atoms with Gasteiger partial charge in [0.1, 0.15) is 11.9 Å². The molecular weight excluding hydrogens is 244 g/mol. The molecule has 0 aliphatic heterocycles. The molecule has 1 N–H and O–H groups in total. The monoisotopic (exact) mass is 254 g/mol. The number of nitrogens with zero attached hydrogens (tertiary/aromatic N) is 3. The fourth-order valence-corrected chi connectivity index (χ4v) is 1.74. The molecule has 1 aromatic heterocycles. The van der Waals surface area contributed by atoms with Gasteiger partial charge in [0.2, 0.25) is 0 Å². The van der Waals surface area contributed by atoms with Gasteiger partial charge < -0.3 is 5.32 Å². The molecule has 0 aliphatic rings. The van der Waals surface area contributed by atoms with Crippen LogP contribution in [0.1, 0.15) is 5.56 Å². The van der Waals surface area contributed by atoms with Crippen LogP contribution < -0.4 is 5.32 Å². The van der Waals surface area contributed by atoms with Gasteiger partial charge in [-0.2, -0.15) is 5.26 Å². The van der Waals surface area contributed by atoms with E-state index in [2.05, 4.69) is 10.3 Å². The van der Waals surface area contributed by atoms with E-state index in [4.69, 9.17) is 5.26 Å². The van der Waals surface area contributed by atoms with Crippen LogP contribution in [-0.2, 0) is 0 Å². The number of benzene rings is 1. The minimum atomic E-state index is -0.450. The average molecular weight is 254 g/mol. The summed E-state index contributed by atoms with van der Waals surface area (Å²) in [6.45, 7) is 0. The molecule has 2 rings (SSSR count). The smallest absolute Gasteiger partial charge is 0.278 e. The Morgan fingerprint density at radius 3 is 2.68 bits per heavy atom. The molecule has 0 spiro atoms. The summed E-state index contributed by atoms with van der Waals surface area (Å²) in [6.07, 6.45) is 0. The third-order valence-corrected chi connectivity index (χ3v) is 2.63. The zero-order valence-electron chi connectivity index (χ0n) is 10.1. The molecule has 0 aliphatic carbocycles. The molecule has 0 bridgehead atoms. The van der Waals surface area contributed by atoms with Crippen LogP contribution in [0.5, 0.6) is 0 Å². The van der Waals surface area contributed by atoms with Crippen LogP contribution in [0.4, 0.5) is 11.5 Å². The number of aromatic nitrogens is 1. The maximum absolute atomic E-state index is 11.0. The van der Waals surface area contributed by atoms with Crippen molar-refractivity contribution in [3.05, 3.63) is 52.1 Å². The van der Waals surface area contributed by atoms with E-state index in [1.165, 1.54) is 6.07 Å². The van der Waals surface area contributed by atoms with Crippen LogP contribution in [0.15, 0.2) is 36.4 Å². The van der Waals surface area contributed by atoms with Crippen molar-refractivity contribution < 1.29 is 4.92 Å².